The van der Waals surface area contributed by atoms with E-state index in [9.17, 15) is 52.7 Å². The van der Waals surface area contributed by atoms with E-state index in [1.807, 2.05) is 9.97 Å². The van der Waals surface area contributed by atoms with Crippen LogP contribution in [-0.2, 0) is 24.7 Å². The van der Waals surface area contributed by atoms with Crippen molar-refractivity contribution in [3.63, 3.8) is 0 Å². The molecule has 5 heterocycles. The summed E-state index contributed by atoms with van der Waals surface area (Å²) >= 11 is 2.75. The summed E-state index contributed by atoms with van der Waals surface area (Å²) < 4.78 is 169. The molecule has 0 radical (unpaired) electrons. The molecule has 4 nitrogen and oxygen atoms in total. The summed E-state index contributed by atoms with van der Waals surface area (Å²) in [4.78, 5) is 10.8. The number of alkyl halides is 12. The monoisotopic (exact) mass is 660 g/mol. The van der Waals surface area contributed by atoms with Crippen LogP contribution in [0, 0.1) is 0 Å². The summed E-state index contributed by atoms with van der Waals surface area (Å²) in [5.74, 6) is 0. The topological polar surface area (TPSA) is 57.4 Å². The van der Waals surface area contributed by atoms with Crippen molar-refractivity contribution in [3.05, 3.63) is 67.7 Å². The van der Waals surface area contributed by atoms with Crippen molar-refractivity contribution in [2.45, 2.75) is 24.7 Å². The first-order valence-corrected chi connectivity index (χ1v) is 11.7. The fraction of sp³-hybridized carbons (Fsp3) is 0.167. The van der Waals surface area contributed by atoms with E-state index in [1.54, 1.807) is 0 Å². The quantitative estimate of drug-likeness (QED) is 0.163. The van der Waals surface area contributed by atoms with Gasteiger partial charge >= 0.3 is 24.7 Å². The Morgan fingerprint density at radius 2 is 0.854 bits per heavy atom. The third-order valence-electron chi connectivity index (χ3n) is 5.95. The number of nitrogens with zero attached hydrogens (tertiary/aromatic N) is 2. The van der Waals surface area contributed by atoms with Crippen molar-refractivity contribution in [1.82, 2.24) is 19.9 Å². The Labute approximate surface area is 227 Å². The van der Waals surface area contributed by atoms with Gasteiger partial charge in [-0.3, -0.25) is 0 Å². The number of rotatable bonds is 0. The fourth-order valence-corrected chi connectivity index (χ4v) is 4.96. The van der Waals surface area contributed by atoms with Crippen LogP contribution in [0.1, 0.15) is 45.0 Å². The molecule has 0 saturated carbocycles. The zero-order valence-corrected chi connectivity index (χ0v) is 20.9. The molecule has 0 spiro atoms. The van der Waals surface area contributed by atoms with Gasteiger partial charge in [0.25, 0.3) is 0 Å². The Hall–Kier alpha value is -3.76. The Bertz CT molecular complexity index is 1800. The zero-order chi connectivity index (χ0) is 30.3. The van der Waals surface area contributed by atoms with E-state index in [1.165, 1.54) is 0 Å². The fourth-order valence-electron chi connectivity index (χ4n) is 4.44. The molecular weight excluding hydrogens is 652 g/mol. The van der Waals surface area contributed by atoms with E-state index in [2.05, 4.69) is 25.9 Å². The number of hydrogen-bond donors (Lipinski definition) is 2. The van der Waals surface area contributed by atoms with Gasteiger partial charge in [-0.2, -0.15) is 52.7 Å². The van der Waals surface area contributed by atoms with E-state index in [0.29, 0.717) is 42.5 Å². The van der Waals surface area contributed by atoms with Gasteiger partial charge in [-0.15, -0.1) is 0 Å². The van der Waals surface area contributed by atoms with Gasteiger partial charge in [0.2, 0.25) is 0 Å². The Morgan fingerprint density at radius 1 is 0.488 bits per heavy atom. The van der Waals surface area contributed by atoms with Crippen molar-refractivity contribution in [3.8, 4) is 0 Å². The summed E-state index contributed by atoms with van der Waals surface area (Å²) in [6.45, 7) is 0. The van der Waals surface area contributed by atoms with Crippen molar-refractivity contribution in [2.75, 3.05) is 0 Å². The molecule has 216 valence electrons. The highest BCUT2D eigenvalue weighted by molar-refractivity contribution is 9.10. The predicted octanol–water partition coefficient (Wildman–Crippen LogP) is 9.49. The lowest BCUT2D eigenvalue weighted by Gasteiger charge is -2.10. The minimum atomic E-state index is -5.34. The van der Waals surface area contributed by atoms with Gasteiger partial charge in [0.05, 0.1) is 44.8 Å². The predicted molar refractivity (Wildman–Crippen MR) is 127 cm³/mol. The number of fused-ring (bicyclic) bond motifs is 8. The highest BCUT2D eigenvalue weighted by Crippen LogP contribution is 2.44. The SMILES string of the molecule is FC(F)(F)c1c2nc(c(C(F)(F)F)c3ccc([nH]3)c(C(F)(F)F)c3[nH]c(cc3Br)c(C(F)(F)F)c3nc1C=C3)C=C2. The van der Waals surface area contributed by atoms with Crippen molar-refractivity contribution < 1.29 is 52.7 Å². The first-order valence-electron chi connectivity index (χ1n) is 10.9. The first-order chi connectivity index (χ1) is 18.8. The van der Waals surface area contributed by atoms with Crippen LogP contribution in [0.3, 0.4) is 0 Å². The molecule has 41 heavy (non-hydrogen) atoms. The number of nitrogens with one attached hydrogen (secondary N) is 2. The van der Waals surface area contributed by atoms with Crippen molar-refractivity contribution in [2.24, 2.45) is 0 Å². The molecule has 0 saturated heterocycles. The molecule has 0 amide bonds. The van der Waals surface area contributed by atoms with Gasteiger partial charge in [0.15, 0.2) is 0 Å². The van der Waals surface area contributed by atoms with Gasteiger partial charge in [-0.25, -0.2) is 9.97 Å². The van der Waals surface area contributed by atoms with E-state index in [4.69, 9.17) is 0 Å². The van der Waals surface area contributed by atoms with Gasteiger partial charge in [-0.05, 0) is 58.4 Å². The van der Waals surface area contributed by atoms with Gasteiger partial charge in [0.1, 0.15) is 22.3 Å². The molecule has 3 aromatic heterocycles. The van der Waals surface area contributed by atoms with E-state index in [-0.39, 0.29) is 0 Å². The lowest BCUT2D eigenvalue weighted by molar-refractivity contribution is -0.138. The Balaban J connectivity index is 2.13. The molecule has 3 aromatic rings. The lowest BCUT2D eigenvalue weighted by atomic mass is 10.1. The van der Waals surface area contributed by atoms with Crippen LogP contribution in [-0.4, -0.2) is 19.9 Å². The maximum absolute atomic E-state index is 14.2. The highest BCUT2D eigenvalue weighted by Gasteiger charge is 2.42. The number of H-pyrrole nitrogens is 2. The second-order valence-corrected chi connectivity index (χ2v) is 9.47. The van der Waals surface area contributed by atoms with E-state index in [0.717, 1.165) is 0 Å². The summed E-state index contributed by atoms with van der Waals surface area (Å²) in [6, 6.07) is 1.80. The largest absolute Gasteiger partial charge is 0.420 e. The molecule has 0 atom stereocenters. The van der Waals surface area contributed by atoms with Crippen LogP contribution in [0.2, 0.25) is 0 Å². The van der Waals surface area contributed by atoms with Gasteiger partial charge in [0, 0.05) is 4.47 Å². The molecule has 0 fully saturated rings. The maximum atomic E-state index is 14.2. The minimum Gasteiger partial charge on any atom is -0.354 e. The molecule has 5 rings (SSSR count). The molecule has 17 heteroatoms. The average molecular weight is 661 g/mol. The van der Waals surface area contributed by atoms with Crippen LogP contribution in [0.4, 0.5) is 52.7 Å². The van der Waals surface area contributed by atoms with Crippen molar-refractivity contribution >= 4 is 62.3 Å². The summed E-state index contributed by atoms with van der Waals surface area (Å²) in [5.41, 5.74) is -15.1. The molecule has 0 aromatic carbocycles. The van der Waals surface area contributed by atoms with Crippen LogP contribution < -0.4 is 0 Å². The third-order valence-corrected chi connectivity index (χ3v) is 6.58. The Kier molecular flexibility index (Phi) is 6.40. The molecular formula is C24H9BrF12N4. The molecule has 2 aliphatic heterocycles. The number of hydrogen-bond acceptors (Lipinski definition) is 2. The van der Waals surface area contributed by atoms with E-state index < -0.39 is 96.3 Å². The van der Waals surface area contributed by atoms with Crippen LogP contribution in [0.5, 0.6) is 0 Å². The zero-order valence-electron chi connectivity index (χ0n) is 19.3. The smallest absolute Gasteiger partial charge is 0.354 e. The number of halogens is 13. The van der Waals surface area contributed by atoms with Crippen LogP contribution >= 0.6 is 15.9 Å². The molecule has 0 unspecified atom stereocenters. The van der Waals surface area contributed by atoms with Crippen molar-refractivity contribution in [1.29, 1.82) is 0 Å². The second kappa shape index (κ2) is 9.12. The summed E-state index contributed by atoms with van der Waals surface area (Å²) in [5, 5.41) is 0. The minimum absolute atomic E-state index is 0.549. The molecule has 2 N–H and O–H groups in total. The number of aromatic amines is 2. The average Bonchev–Trinajstić information content (AvgIpc) is 3.56. The third kappa shape index (κ3) is 5.10. The Morgan fingerprint density at radius 3 is 1.27 bits per heavy atom. The van der Waals surface area contributed by atoms with E-state index >= 15 is 0 Å². The maximum Gasteiger partial charge on any atom is 0.420 e. The molecule has 0 aliphatic carbocycles. The second-order valence-electron chi connectivity index (χ2n) is 8.61. The standard InChI is InChI=1S/C24H9BrF12N4/c25-8-7-15-18(23(32,33)34)13-4-3-11(39-13)16(21(26,27)28)9-1-2-10(38-9)17(22(29,30)31)12-5-6-14(40-12)19(20(8)41-15)24(35,36)37/h1-7,40-41H. The normalized spacial score (nSPS) is 14.3. The lowest BCUT2D eigenvalue weighted by Crippen LogP contribution is -2.11. The molecule has 2 aliphatic rings. The van der Waals surface area contributed by atoms with Gasteiger partial charge < -0.3 is 9.97 Å². The van der Waals surface area contributed by atoms with Gasteiger partial charge in [-0.1, -0.05) is 0 Å². The van der Waals surface area contributed by atoms with Crippen LogP contribution in [0.25, 0.3) is 46.4 Å². The summed E-state index contributed by atoms with van der Waals surface area (Å²) in [6.07, 6.45) is -19.1. The number of aromatic nitrogens is 4. The first kappa shape index (κ1) is 28.8. The highest BCUT2D eigenvalue weighted by atomic mass is 79.9. The summed E-state index contributed by atoms with van der Waals surface area (Å²) in [7, 11) is 0. The molecule has 8 bridgehead atoms. The van der Waals surface area contributed by atoms with Crippen LogP contribution in [0.15, 0.2) is 22.7 Å².